The van der Waals surface area contributed by atoms with Crippen molar-refractivity contribution in [2.24, 2.45) is 5.92 Å². The van der Waals surface area contributed by atoms with Crippen LogP contribution in [0.3, 0.4) is 0 Å². The molecule has 0 radical (unpaired) electrons. The van der Waals surface area contributed by atoms with Gasteiger partial charge in [0.1, 0.15) is 11.5 Å². The van der Waals surface area contributed by atoms with E-state index in [0.717, 1.165) is 44.3 Å². The second-order valence-corrected chi connectivity index (χ2v) is 5.84. The summed E-state index contributed by atoms with van der Waals surface area (Å²) in [6.45, 7) is 4.36. The summed E-state index contributed by atoms with van der Waals surface area (Å²) in [6.07, 6.45) is 6.69. The van der Waals surface area contributed by atoms with Crippen molar-refractivity contribution < 1.29 is 10.2 Å². The second-order valence-electron chi connectivity index (χ2n) is 5.84. The van der Waals surface area contributed by atoms with Gasteiger partial charge in [-0.3, -0.25) is 0 Å². The largest absolute Gasteiger partial charge is 0.508 e. The molecule has 1 aromatic carbocycles. The molecule has 0 fully saturated rings. The molecule has 2 N–H and O–H groups in total. The Morgan fingerprint density at radius 3 is 2.45 bits per heavy atom. The van der Waals surface area contributed by atoms with Crippen molar-refractivity contribution in [3.63, 3.8) is 0 Å². The van der Waals surface area contributed by atoms with Gasteiger partial charge in [-0.15, -0.1) is 0 Å². The van der Waals surface area contributed by atoms with Crippen molar-refractivity contribution >= 4 is 0 Å². The van der Waals surface area contributed by atoms with Crippen LogP contribution in [0.5, 0.6) is 11.5 Å². The third-order valence-electron chi connectivity index (χ3n) is 4.05. The molecule has 0 aromatic heterocycles. The molecular formula is C17H25NO2. The second kappa shape index (κ2) is 6.80. The van der Waals surface area contributed by atoms with Crippen LogP contribution >= 0.6 is 0 Å². The zero-order valence-electron chi connectivity index (χ0n) is 12.5. The quantitative estimate of drug-likeness (QED) is 0.810. The van der Waals surface area contributed by atoms with E-state index in [-0.39, 0.29) is 11.5 Å². The number of benzene rings is 1. The summed E-state index contributed by atoms with van der Waals surface area (Å²) in [6, 6.07) is 4.91. The first-order chi connectivity index (χ1) is 9.58. The van der Waals surface area contributed by atoms with Crippen molar-refractivity contribution in [2.75, 3.05) is 20.1 Å². The fourth-order valence-electron chi connectivity index (χ4n) is 2.98. The summed E-state index contributed by atoms with van der Waals surface area (Å²) in [4.78, 5) is 2.33. The van der Waals surface area contributed by atoms with Crippen LogP contribution in [0.1, 0.15) is 31.7 Å². The van der Waals surface area contributed by atoms with Gasteiger partial charge >= 0.3 is 0 Å². The zero-order valence-corrected chi connectivity index (χ0v) is 12.5. The van der Waals surface area contributed by atoms with Gasteiger partial charge < -0.3 is 15.1 Å². The number of phenols is 2. The average Bonchev–Trinajstić information content (AvgIpc) is 2.38. The molecule has 2 rings (SSSR count). The molecule has 1 unspecified atom stereocenters. The minimum atomic E-state index is 0.146. The Balaban J connectivity index is 2.12. The highest BCUT2D eigenvalue weighted by Crippen LogP contribution is 2.29. The molecule has 0 spiro atoms. The van der Waals surface area contributed by atoms with Gasteiger partial charge in [0.2, 0.25) is 0 Å². The van der Waals surface area contributed by atoms with Crippen LogP contribution < -0.4 is 0 Å². The lowest BCUT2D eigenvalue weighted by Gasteiger charge is -2.27. The van der Waals surface area contributed by atoms with Crippen LogP contribution in [-0.4, -0.2) is 35.3 Å². The third-order valence-corrected chi connectivity index (χ3v) is 4.05. The molecule has 3 nitrogen and oxygen atoms in total. The maximum absolute atomic E-state index is 9.60. The summed E-state index contributed by atoms with van der Waals surface area (Å²) < 4.78 is 0. The van der Waals surface area contributed by atoms with Crippen LogP contribution in [0.4, 0.5) is 0 Å². The zero-order chi connectivity index (χ0) is 14.5. The predicted octanol–water partition coefficient (Wildman–Crippen LogP) is 3.32. The molecule has 0 saturated carbocycles. The van der Waals surface area contributed by atoms with E-state index in [2.05, 4.69) is 24.9 Å². The van der Waals surface area contributed by atoms with E-state index in [1.165, 1.54) is 11.6 Å². The summed E-state index contributed by atoms with van der Waals surface area (Å²) in [5.74, 6) is 0.815. The Bertz CT molecular complexity index is 462. The summed E-state index contributed by atoms with van der Waals surface area (Å²) in [7, 11) is 2.15. The molecule has 1 heterocycles. The topological polar surface area (TPSA) is 43.7 Å². The Labute approximate surface area is 121 Å². The Hall–Kier alpha value is -1.48. The molecule has 0 saturated heterocycles. The number of aromatic hydroxyl groups is 2. The number of nitrogens with zero attached hydrogens (tertiary/aromatic N) is 1. The highest BCUT2D eigenvalue weighted by molar-refractivity contribution is 5.37. The van der Waals surface area contributed by atoms with Crippen LogP contribution in [0.15, 0.2) is 29.8 Å². The SMILES string of the molecule is CCCC(Cc1cc(O)cc(O)c1)C1=CCN(C)CC1. The molecule has 1 atom stereocenters. The minimum absolute atomic E-state index is 0.146. The van der Waals surface area contributed by atoms with Gasteiger partial charge in [-0.1, -0.05) is 25.0 Å². The molecule has 0 amide bonds. The smallest absolute Gasteiger partial charge is 0.119 e. The minimum Gasteiger partial charge on any atom is -0.508 e. The Kier molecular flexibility index (Phi) is 5.07. The van der Waals surface area contributed by atoms with Crippen LogP contribution in [0, 0.1) is 5.92 Å². The molecule has 110 valence electrons. The Morgan fingerprint density at radius 2 is 1.90 bits per heavy atom. The van der Waals surface area contributed by atoms with Crippen molar-refractivity contribution in [1.82, 2.24) is 4.90 Å². The molecule has 1 aromatic rings. The van der Waals surface area contributed by atoms with Gasteiger partial charge in [0.05, 0.1) is 0 Å². The highest BCUT2D eigenvalue weighted by Gasteiger charge is 2.18. The normalized spacial score (nSPS) is 17.8. The van der Waals surface area contributed by atoms with Crippen molar-refractivity contribution in [2.45, 2.75) is 32.6 Å². The van der Waals surface area contributed by atoms with Crippen molar-refractivity contribution in [3.05, 3.63) is 35.4 Å². The first-order valence-electron chi connectivity index (χ1n) is 7.48. The molecular weight excluding hydrogens is 250 g/mol. The fourth-order valence-corrected chi connectivity index (χ4v) is 2.98. The van der Waals surface area contributed by atoms with Gasteiger partial charge in [0, 0.05) is 19.2 Å². The van der Waals surface area contributed by atoms with Crippen LogP contribution in [0.2, 0.25) is 0 Å². The predicted molar refractivity (Wildman–Crippen MR) is 82.1 cm³/mol. The number of likely N-dealkylation sites (N-methyl/N-ethyl adjacent to an activating group) is 1. The van der Waals surface area contributed by atoms with Gasteiger partial charge in [0.15, 0.2) is 0 Å². The van der Waals surface area contributed by atoms with Crippen LogP contribution in [0.25, 0.3) is 0 Å². The van der Waals surface area contributed by atoms with Gasteiger partial charge in [-0.25, -0.2) is 0 Å². The van der Waals surface area contributed by atoms with E-state index in [1.807, 2.05) is 0 Å². The lowest BCUT2D eigenvalue weighted by molar-refractivity contribution is 0.343. The van der Waals surface area contributed by atoms with E-state index in [1.54, 1.807) is 12.1 Å². The first kappa shape index (κ1) is 14.9. The maximum atomic E-state index is 9.60. The molecule has 1 aliphatic rings. The molecule has 20 heavy (non-hydrogen) atoms. The molecule has 0 bridgehead atoms. The monoisotopic (exact) mass is 275 g/mol. The average molecular weight is 275 g/mol. The molecule has 1 aliphatic heterocycles. The first-order valence-corrected chi connectivity index (χ1v) is 7.48. The number of hydrogen-bond donors (Lipinski definition) is 2. The van der Waals surface area contributed by atoms with Gasteiger partial charge in [-0.05, 0) is 49.9 Å². The van der Waals surface area contributed by atoms with E-state index in [4.69, 9.17) is 0 Å². The van der Waals surface area contributed by atoms with Crippen LogP contribution in [-0.2, 0) is 6.42 Å². The maximum Gasteiger partial charge on any atom is 0.119 e. The lowest BCUT2D eigenvalue weighted by atomic mass is 9.85. The highest BCUT2D eigenvalue weighted by atomic mass is 16.3. The van der Waals surface area contributed by atoms with E-state index >= 15 is 0 Å². The molecule has 3 heteroatoms. The summed E-state index contributed by atoms with van der Waals surface area (Å²) in [5, 5.41) is 19.2. The van der Waals surface area contributed by atoms with Gasteiger partial charge in [0.25, 0.3) is 0 Å². The van der Waals surface area contributed by atoms with Crippen molar-refractivity contribution in [1.29, 1.82) is 0 Å². The number of hydrogen-bond acceptors (Lipinski definition) is 3. The van der Waals surface area contributed by atoms with E-state index in [9.17, 15) is 10.2 Å². The number of rotatable bonds is 5. The molecule has 0 aliphatic carbocycles. The van der Waals surface area contributed by atoms with E-state index in [0.29, 0.717) is 5.92 Å². The standard InChI is InChI=1S/C17H25NO2/c1-3-4-15(14-5-7-18(2)8-6-14)9-13-10-16(19)12-17(20)11-13/h5,10-12,15,19-20H,3-4,6-9H2,1-2H3. The van der Waals surface area contributed by atoms with Crippen molar-refractivity contribution in [3.8, 4) is 11.5 Å². The third kappa shape index (κ3) is 4.01. The number of phenolic OH excluding ortho intramolecular Hbond substituents is 2. The van der Waals surface area contributed by atoms with E-state index < -0.39 is 0 Å². The lowest BCUT2D eigenvalue weighted by Crippen LogP contribution is -2.26. The summed E-state index contributed by atoms with van der Waals surface area (Å²) in [5.41, 5.74) is 2.55. The summed E-state index contributed by atoms with van der Waals surface area (Å²) >= 11 is 0. The Morgan fingerprint density at radius 1 is 1.20 bits per heavy atom. The fraction of sp³-hybridized carbons (Fsp3) is 0.529. The van der Waals surface area contributed by atoms with Gasteiger partial charge in [-0.2, -0.15) is 0 Å².